The highest BCUT2D eigenvalue weighted by Gasteiger charge is 2.38. The molecule has 1 heterocycles. The molecule has 1 aromatic rings. The van der Waals surface area contributed by atoms with Gasteiger partial charge in [-0.2, -0.15) is 0 Å². The number of rotatable bonds is 6. The standard InChI is InChI=1S/C18H24N2O5/c1-3-9-25-14-6-4-5-12(10-14)17(22)20-11-13(16(21)19-2)7-8-15(20)18(23)24/h4-6,10,13,15H,3,7-9,11H2,1-2H3,(H,19,21)(H,23,24)/t13-,15-/m0/s1. The maximum atomic E-state index is 12.9. The lowest BCUT2D eigenvalue weighted by Crippen LogP contribution is -2.53. The molecule has 1 aliphatic rings. The van der Waals surface area contributed by atoms with Gasteiger partial charge in [-0.05, 0) is 37.5 Å². The molecule has 1 aromatic carbocycles. The number of piperidine rings is 1. The second-order valence-electron chi connectivity index (χ2n) is 6.08. The van der Waals surface area contributed by atoms with Crippen LogP contribution in [0, 0.1) is 5.92 Å². The van der Waals surface area contributed by atoms with Crippen LogP contribution in [-0.4, -0.2) is 54.0 Å². The molecule has 0 unspecified atom stereocenters. The average Bonchev–Trinajstić information content (AvgIpc) is 2.64. The van der Waals surface area contributed by atoms with E-state index >= 15 is 0 Å². The first-order valence-electron chi connectivity index (χ1n) is 8.46. The zero-order chi connectivity index (χ0) is 18.4. The smallest absolute Gasteiger partial charge is 0.326 e. The normalized spacial score (nSPS) is 20.0. The first-order valence-corrected chi connectivity index (χ1v) is 8.46. The van der Waals surface area contributed by atoms with Crippen molar-refractivity contribution in [3.8, 4) is 5.75 Å². The van der Waals surface area contributed by atoms with Gasteiger partial charge in [-0.1, -0.05) is 13.0 Å². The summed E-state index contributed by atoms with van der Waals surface area (Å²) < 4.78 is 5.53. The monoisotopic (exact) mass is 348 g/mol. The molecular weight excluding hydrogens is 324 g/mol. The topological polar surface area (TPSA) is 95.9 Å². The highest BCUT2D eigenvalue weighted by Crippen LogP contribution is 2.25. The van der Waals surface area contributed by atoms with Crippen LogP contribution in [0.4, 0.5) is 0 Å². The van der Waals surface area contributed by atoms with Crippen molar-refractivity contribution in [1.29, 1.82) is 0 Å². The minimum absolute atomic E-state index is 0.0928. The third-order valence-electron chi connectivity index (χ3n) is 4.30. The van der Waals surface area contributed by atoms with E-state index in [0.717, 1.165) is 6.42 Å². The van der Waals surface area contributed by atoms with Gasteiger partial charge in [0.05, 0.1) is 12.5 Å². The van der Waals surface area contributed by atoms with Gasteiger partial charge < -0.3 is 20.1 Å². The Hall–Kier alpha value is -2.57. The van der Waals surface area contributed by atoms with Crippen molar-refractivity contribution in [3.05, 3.63) is 29.8 Å². The Kier molecular flexibility index (Phi) is 6.38. The summed E-state index contributed by atoms with van der Waals surface area (Å²) in [6, 6.07) is 5.77. The second-order valence-corrected chi connectivity index (χ2v) is 6.08. The zero-order valence-electron chi connectivity index (χ0n) is 14.5. The highest BCUT2D eigenvalue weighted by atomic mass is 16.5. The summed E-state index contributed by atoms with van der Waals surface area (Å²) in [5.41, 5.74) is 0.359. The summed E-state index contributed by atoms with van der Waals surface area (Å²) in [4.78, 5) is 37.6. The lowest BCUT2D eigenvalue weighted by atomic mass is 9.91. The summed E-state index contributed by atoms with van der Waals surface area (Å²) >= 11 is 0. The molecule has 0 aromatic heterocycles. The van der Waals surface area contributed by atoms with Crippen LogP contribution in [0.3, 0.4) is 0 Å². The Morgan fingerprint density at radius 2 is 2.08 bits per heavy atom. The van der Waals surface area contributed by atoms with Crippen molar-refractivity contribution >= 4 is 17.8 Å². The summed E-state index contributed by atoms with van der Waals surface area (Å²) in [7, 11) is 1.53. The Morgan fingerprint density at radius 3 is 2.72 bits per heavy atom. The van der Waals surface area contributed by atoms with Crippen molar-refractivity contribution in [2.45, 2.75) is 32.2 Å². The van der Waals surface area contributed by atoms with E-state index in [1.54, 1.807) is 24.3 Å². The van der Waals surface area contributed by atoms with Crippen molar-refractivity contribution in [2.75, 3.05) is 20.2 Å². The summed E-state index contributed by atoms with van der Waals surface area (Å²) in [6.07, 6.45) is 1.55. The molecule has 0 radical (unpaired) electrons. The Morgan fingerprint density at radius 1 is 1.32 bits per heavy atom. The number of benzene rings is 1. The molecule has 1 fully saturated rings. The van der Waals surface area contributed by atoms with Crippen LogP contribution in [-0.2, 0) is 9.59 Å². The fourth-order valence-electron chi connectivity index (χ4n) is 2.97. The first-order chi connectivity index (χ1) is 12.0. The Labute approximate surface area is 147 Å². The van der Waals surface area contributed by atoms with Crippen molar-refractivity contribution in [1.82, 2.24) is 10.2 Å². The number of carbonyl (C=O) groups is 3. The van der Waals surface area contributed by atoms with E-state index in [4.69, 9.17) is 4.74 Å². The Balaban J connectivity index is 2.23. The SMILES string of the molecule is CCCOc1cccc(C(=O)N2C[C@@H](C(=O)NC)CC[C@H]2C(=O)O)c1. The van der Waals surface area contributed by atoms with Crippen molar-refractivity contribution < 1.29 is 24.2 Å². The number of carboxylic acids is 1. The summed E-state index contributed by atoms with van der Waals surface area (Å²) in [5, 5.41) is 12.0. The molecular formula is C18H24N2O5. The van der Waals surface area contributed by atoms with Crippen LogP contribution in [0.15, 0.2) is 24.3 Å². The van der Waals surface area contributed by atoms with Crippen LogP contribution in [0.25, 0.3) is 0 Å². The maximum absolute atomic E-state index is 12.9. The van der Waals surface area contributed by atoms with Gasteiger partial charge in [0, 0.05) is 19.2 Å². The van der Waals surface area contributed by atoms with Crippen LogP contribution >= 0.6 is 0 Å². The van der Waals surface area contributed by atoms with Crippen LogP contribution in [0.2, 0.25) is 0 Å². The lowest BCUT2D eigenvalue weighted by molar-refractivity contribution is -0.145. The molecule has 7 heteroatoms. The van der Waals surface area contributed by atoms with E-state index in [-0.39, 0.29) is 18.9 Å². The van der Waals surface area contributed by atoms with Gasteiger partial charge in [0.25, 0.3) is 5.91 Å². The van der Waals surface area contributed by atoms with Gasteiger partial charge in [-0.25, -0.2) is 4.79 Å². The van der Waals surface area contributed by atoms with Gasteiger partial charge in [-0.3, -0.25) is 9.59 Å². The fourth-order valence-corrected chi connectivity index (χ4v) is 2.97. The number of nitrogens with one attached hydrogen (secondary N) is 1. The Bertz CT molecular complexity index is 646. The van der Waals surface area contributed by atoms with E-state index in [1.165, 1.54) is 11.9 Å². The molecule has 1 saturated heterocycles. The molecule has 2 amide bonds. The van der Waals surface area contributed by atoms with Crippen molar-refractivity contribution in [3.63, 3.8) is 0 Å². The number of likely N-dealkylation sites (tertiary alicyclic amines) is 1. The van der Waals surface area contributed by atoms with Crippen LogP contribution in [0.5, 0.6) is 5.75 Å². The maximum Gasteiger partial charge on any atom is 0.326 e. The molecule has 1 aliphatic heterocycles. The number of hydrogen-bond acceptors (Lipinski definition) is 4. The number of hydrogen-bond donors (Lipinski definition) is 2. The fraction of sp³-hybridized carbons (Fsp3) is 0.500. The van der Waals surface area contributed by atoms with Gasteiger partial charge >= 0.3 is 5.97 Å². The summed E-state index contributed by atoms with van der Waals surface area (Å²) in [5.74, 6) is -1.46. The van der Waals surface area contributed by atoms with E-state index in [1.807, 2.05) is 6.92 Å². The molecule has 0 spiro atoms. The quantitative estimate of drug-likeness (QED) is 0.813. The van der Waals surface area contributed by atoms with E-state index in [2.05, 4.69) is 5.32 Å². The third-order valence-corrected chi connectivity index (χ3v) is 4.30. The van der Waals surface area contributed by atoms with Gasteiger partial charge in [0.15, 0.2) is 0 Å². The number of nitrogens with zero attached hydrogens (tertiary/aromatic N) is 1. The molecule has 0 bridgehead atoms. The van der Waals surface area contributed by atoms with Crippen molar-refractivity contribution in [2.24, 2.45) is 5.92 Å². The molecule has 2 N–H and O–H groups in total. The largest absolute Gasteiger partial charge is 0.494 e. The molecule has 2 rings (SSSR count). The molecule has 7 nitrogen and oxygen atoms in total. The molecule has 0 aliphatic carbocycles. The molecule has 2 atom stereocenters. The van der Waals surface area contributed by atoms with Crippen LogP contribution < -0.4 is 10.1 Å². The minimum Gasteiger partial charge on any atom is -0.494 e. The predicted molar refractivity (Wildman–Crippen MR) is 91.5 cm³/mol. The zero-order valence-corrected chi connectivity index (χ0v) is 14.5. The first kappa shape index (κ1) is 18.8. The third kappa shape index (κ3) is 4.49. The predicted octanol–water partition coefficient (Wildman–Crippen LogP) is 1.53. The van der Waals surface area contributed by atoms with Crippen LogP contribution in [0.1, 0.15) is 36.5 Å². The van der Waals surface area contributed by atoms with E-state index in [0.29, 0.717) is 24.3 Å². The number of carboxylic acid groups (broad SMARTS) is 1. The molecule has 136 valence electrons. The number of carbonyl (C=O) groups excluding carboxylic acids is 2. The lowest BCUT2D eigenvalue weighted by Gasteiger charge is -2.36. The van der Waals surface area contributed by atoms with Gasteiger partial charge in [-0.15, -0.1) is 0 Å². The second kappa shape index (κ2) is 8.50. The number of aliphatic carboxylic acids is 1. The number of ether oxygens (including phenoxy) is 1. The average molecular weight is 348 g/mol. The van der Waals surface area contributed by atoms with E-state index in [9.17, 15) is 19.5 Å². The molecule has 0 saturated carbocycles. The molecule has 25 heavy (non-hydrogen) atoms. The minimum atomic E-state index is -1.05. The highest BCUT2D eigenvalue weighted by molar-refractivity contribution is 5.97. The summed E-state index contributed by atoms with van der Waals surface area (Å²) in [6.45, 7) is 2.62. The van der Waals surface area contributed by atoms with Gasteiger partial charge in [0.1, 0.15) is 11.8 Å². The van der Waals surface area contributed by atoms with Gasteiger partial charge in [0.2, 0.25) is 5.91 Å². The van der Waals surface area contributed by atoms with E-state index < -0.39 is 23.8 Å². The number of amides is 2.